The molecule has 20 heavy (non-hydrogen) atoms. The number of nitrogens with two attached hydrogens (primary N) is 1. The van der Waals surface area contributed by atoms with E-state index in [4.69, 9.17) is 15.2 Å². The lowest BCUT2D eigenvalue weighted by Gasteiger charge is -2.13. The summed E-state index contributed by atoms with van der Waals surface area (Å²) < 4.78 is 11.1. The molecule has 5 nitrogen and oxygen atoms in total. The van der Waals surface area contributed by atoms with Gasteiger partial charge in [-0.1, -0.05) is 19.8 Å². The third-order valence-electron chi connectivity index (χ3n) is 3.22. The zero-order valence-electron chi connectivity index (χ0n) is 11.9. The summed E-state index contributed by atoms with van der Waals surface area (Å²) in [6.45, 7) is 3.36. The molecule has 1 aromatic carbocycles. The van der Waals surface area contributed by atoms with Gasteiger partial charge in [-0.2, -0.15) is 0 Å². The number of ether oxygens (including phenoxy) is 2. The second-order valence-electron chi connectivity index (χ2n) is 4.95. The van der Waals surface area contributed by atoms with E-state index in [1.54, 1.807) is 12.1 Å². The maximum Gasteiger partial charge on any atom is 0.241 e. The predicted octanol–water partition coefficient (Wildman–Crippen LogP) is 2.30. The van der Waals surface area contributed by atoms with E-state index < -0.39 is 6.04 Å². The Bertz CT molecular complexity index is 462. The molecule has 1 aliphatic heterocycles. The number of anilines is 1. The minimum absolute atomic E-state index is 0.159. The van der Waals surface area contributed by atoms with Crippen LogP contribution in [-0.4, -0.2) is 25.2 Å². The van der Waals surface area contributed by atoms with Crippen LogP contribution in [0.2, 0.25) is 0 Å². The number of amides is 1. The molecule has 1 unspecified atom stereocenters. The molecule has 0 aromatic heterocycles. The van der Waals surface area contributed by atoms with Gasteiger partial charge < -0.3 is 20.5 Å². The van der Waals surface area contributed by atoms with Crippen LogP contribution in [0.3, 0.4) is 0 Å². The van der Waals surface area contributed by atoms with Crippen molar-refractivity contribution in [1.29, 1.82) is 0 Å². The lowest BCUT2D eigenvalue weighted by Crippen LogP contribution is -2.35. The van der Waals surface area contributed by atoms with E-state index >= 15 is 0 Å². The Labute approximate surface area is 119 Å². The number of benzene rings is 1. The van der Waals surface area contributed by atoms with Crippen molar-refractivity contribution in [2.45, 2.75) is 38.6 Å². The normalized spacial score (nSPS) is 15.3. The molecule has 5 heteroatoms. The molecule has 2 rings (SSSR count). The van der Waals surface area contributed by atoms with E-state index in [1.807, 2.05) is 6.07 Å². The lowest BCUT2D eigenvalue weighted by molar-refractivity contribution is -0.117. The molecule has 110 valence electrons. The molecule has 0 saturated carbocycles. The molecule has 3 N–H and O–H groups in total. The fourth-order valence-corrected chi connectivity index (χ4v) is 2.03. The Morgan fingerprint density at radius 1 is 1.35 bits per heavy atom. The van der Waals surface area contributed by atoms with Crippen molar-refractivity contribution >= 4 is 11.6 Å². The standard InChI is InChI=1S/C15H22N2O3/c1-2-3-5-12(16)15(18)17-11-6-7-13-14(10-11)20-9-4-8-19-13/h6-7,10,12H,2-5,8-9,16H2,1H3,(H,17,18). The summed E-state index contributed by atoms with van der Waals surface area (Å²) in [6.07, 6.45) is 3.55. The van der Waals surface area contributed by atoms with Crippen molar-refractivity contribution in [3.63, 3.8) is 0 Å². The molecule has 0 saturated heterocycles. The van der Waals surface area contributed by atoms with E-state index in [-0.39, 0.29) is 5.91 Å². The van der Waals surface area contributed by atoms with Gasteiger partial charge in [0.15, 0.2) is 11.5 Å². The van der Waals surface area contributed by atoms with E-state index in [9.17, 15) is 4.79 Å². The number of carbonyl (C=O) groups is 1. The fraction of sp³-hybridized carbons (Fsp3) is 0.533. The maximum atomic E-state index is 11.9. The third-order valence-corrected chi connectivity index (χ3v) is 3.22. The molecular weight excluding hydrogens is 256 g/mol. The Morgan fingerprint density at radius 2 is 2.10 bits per heavy atom. The topological polar surface area (TPSA) is 73.6 Å². The average Bonchev–Trinajstić information content (AvgIpc) is 2.69. The number of hydrogen-bond donors (Lipinski definition) is 2. The van der Waals surface area contributed by atoms with Crippen LogP contribution in [-0.2, 0) is 4.79 Å². The van der Waals surface area contributed by atoms with Gasteiger partial charge >= 0.3 is 0 Å². The van der Waals surface area contributed by atoms with Crippen LogP contribution < -0.4 is 20.5 Å². The summed E-state index contributed by atoms with van der Waals surface area (Å²) in [4.78, 5) is 11.9. The van der Waals surface area contributed by atoms with Crippen LogP contribution in [0.4, 0.5) is 5.69 Å². The number of fused-ring (bicyclic) bond motifs is 1. The smallest absolute Gasteiger partial charge is 0.241 e. The minimum atomic E-state index is -0.467. The molecule has 1 aromatic rings. The van der Waals surface area contributed by atoms with Gasteiger partial charge in [-0.05, 0) is 18.6 Å². The minimum Gasteiger partial charge on any atom is -0.490 e. The van der Waals surface area contributed by atoms with Crippen molar-refractivity contribution in [3.05, 3.63) is 18.2 Å². The highest BCUT2D eigenvalue weighted by Crippen LogP contribution is 2.32. The second-order valence-corrected chi connectivity index (χ2v) is 4.95. The lowest BCUT2D eigenvalue weighted by atomic mass is 10.1. The van der Waals surface area contributed by atoms with Crippen molar-refractivity contribution < 1.29 is 14.3 Å². The van der Waals surface area contributed by atoms with Gasteiger partial charge in [0, 0.05) is 18.2 Å². The fourth-order valence-electron chi connectivity index (χ4n) is 2.03. The SMILES string of the molecule is CCCCC(N)C(=O)Nc1ccc2c(c1)OCCCO2. The number of unbranched alkanes of at least 4 members (excludes halogenated alkanes) is 1. The number of nitrogens with one attached hydrogen (secondary N) is 1. The second kappa shape index (κ2) is 7.14. The van der Waals surface area contributed by atoms with Crippen LogP contribution in [0.15, 0.2) is 18.2 Å². The first-order valence-electron chi connectivity index (χ1n) is 7.17. The average molecular weight is 278 g/mol. The molecule has 1 heterocycles. The van der Waals surface area contributed by atoms with Crippen molar-refractivity contribution in [1.82, 2.24) is 0 Å². The highest BCUT2D eigenvalue weighted by Gasteiger charge is 2.15. The van der Waals surface area contributed by atoms with Crippen molar-refractivity contribution in [3.8, 4) is 11.5 Å². The zero-order chi connectivity index (χ0) is 14.4. The summed E-state index contributed by atoms with van der Waals surface area (Å²) in [5, 5.41) is 2.82. The quantitative estimate of drug-likeness (QED) is 0.866. The third kappa shape index (κ3) is 3.87. The highest BCUT2D eigenvalue weighted by molar-refractivity contribution is 5.94. The number of hydrogen-bond acceptors (Lipinski definition) is 4. The number of carbonyl (C=O) groups excluding carboxylic acids is 1. The summed E-state index contributed by atoms with van der Waals surface area (Å²) >= 11 is 0. The van der Waals surface area contributed by atoms with E-state index in [2.05, 4.69) is 12.2 Å². The Balaban J connectivity index is 1.99. The van der Waals surface area contributed by atoms with Gasteiger partial charge in [0.25, 0.3) is 0 Å². The molecule has 0 aliphatic carbocycles. The van der Waals surface area contributed by atoms with Crippen molar-refractivity contribution in [2.75, 3.05) is 18.5 Å². The monoisotopic (exact) mass is 278 g/mol. The molecule has 1 aliphatic rings. The molecule has 0 bridgehead atoms. The van der Waals surface area contributed by atoms with Gasteiger partial charge in [-0.15, -0.1) is 0 Å². The Kier molecular flexibility index (Phi) is 5.24. The molecule has 1 atom stereocenters. The zero-order valence-corrected chi connectivity index (χ0v) is 11.9. The largest absolute Gasteiger partial charge is 0.490 e. The van der Waals surface area contributed by atoms with Crippen molar-refractivity contribution in [2.24, 2.45) is 5.73 Å². The Morgan fingerprint density at radius 3 is 2.85 bits per heavy atom. The van der Waals surface area contributed by atoms with Gasteiger partial charge in [-0.3, -0.25) is 4.79 Å². The van der Waals surface area contributed by atoms with Crippen LogP contribution in [0.25, 0.3) is 0 Å². The van der Waals surface area contributed by atoms with Crippen LogP contribution >= 0.6 is 0 Å². The maximum absolute atomic E-state index is 11.9. The molecule has 0 fully saturated rings. The first-order valence-corrected chi connectivity index (χ1v) is 7.17. The first kappa shape index (κ1) is 14.7. The van der Waals surface area contributed by atoms with E-state index in [0.717, 1.165) is 25.0 Å². The molecule has 0 radical (unpaired) electrons. The van der Waals surface area contributed by atoms with Gasteiger partial charge in [0.05, 0.1) is 19.3 Å². The molecule has 1 amide bonds. The van der Waals surface area contributed by atoms with Gasteiger partial charge in [0.1, 0.15) is 0 Å². The van der Waals surface area contributed by atoms with Gasteiger partial charge in [-0.25, -0.2) is 0 Å². The highest BCUT2D eigenvalue weighted by atomic mass is 16.5. The van der Waals surface area contributed by atoms with Gasteiger partial charge in [0.2, 0.25) is 5.91 Å². The summed E-state index contributed by atoms with van der Waals surface area (Å²) in [5.41, 5.74) is 6.53. The van der Waals surface area contributed by atoms with Crippen LogP contribution in [0.1, 0.15) is 32.6 Å². The summed E-state index contributed by atoms with van der Waals surface area (Å²) in [7, 11) is 0. The molecule has 0 spiro atoms. The Hall–Kier alpha value is -1.75. The first-order chi connectivity index (χ1) is 9.70. The summed E-state index contributed by atoms with van der Waals surface area (Å²) in [6, 6.07) is 4.93. The van der Waals surface area contributed by atoms with E-state index in [0.29, 0.717) is 31.1 Å². The number of rotatable bonds is 5. The molecular formula is C15H22N2O3. The van der Waals surface area contributed by atoms with Crippen LogP contribution in [0, 0.1) is 0 Å². The summed E-state index contributed by atoms with van der Waals surface area (Å²) in [5.74, 6) is 1.23. The predicted molar refractivity (Wildman–Crippen MR) is 78.2 cm³/mol. The van der Waals surface area contributed by atoms with Crippen LogP contribution in [0.5, 0.6) is 11.5 Å². The van der Waals surface area contributed by atoms with E-state index in [1.165, 1.54) is 0 Å².